The minimum Gasteiger partial charge on any atom is -0.353 e. The molecular formula is C24H23N5O5S. The van der Waals surface area contributed by atoms with Crippen LogP contribution in [0.2, 0.25) is 0 Å². The van der Waals surface area contributed by atoms with E-state index in [0.717, 1.165) is 27.1 Å². The van der Waals surface area contributed by atoms with Crippen LogP contribution < -0.4 is 10.6 Å². The molecule has 0 spiro atoms. The van der Waals surface area contributed by atoms with Crippen molar-refractivity contribution in [3.8, 4) is 0 Å². The maximum Gasteiger partial charge on any atom is 0.325 e. The standard InChI is InChI=1S/C24H23N5O5S/c1-15-5-7-17(8-6-15)24(2)21(32)29(22(33)27-24)14-19(30)26-10-11-28-20(31)18(35-23(28)34)12-16-4-3-9-25-13-16/h3-9,12-13H,10-11,14H2,1-2H3,(H,26,30)(H,27,33). The molecule has 0 saturated carbocycles. The van der Waals surface area contributed by atoms with Crippen LogP contribution >= 0.6 is 11.8 Å². The third-order valence-corrected chi connectivity index (χ3v) is 6.63. The van der Waals surface area contributed by atoms with E-state index in [4.69, 9.17) is 0 Å². The minimum atomic E-state index is -1.27. The van der Waals surface area contributed by atoms with Gasteiger partial charge in [0.05, 0.1) is 4.91 Å². The van der Waals surface area contributed by atoms with E-state index < -0.39 is 41.1 Å². The van der Waals surface area contributed by atoms with Crippen LogP contribution in [-0.4, -0.2) is 63.4 Å². The van der Waals surface area contributed by atoms with Crippen LogP contribution in [0.25, 0.3) is 6.08 Å². The van der Waals surface area contributed by atoms with Gasteiger partial charge in [-0.2, -0.15) is 0 Å². The van der Waals surface area contributed by atoms with Gasteiger partial charge in [-0.1, -0.05) is 35.9 Å². The molecule has 11 heteroatoms. The predicted octanol–water partition coefficient (Wildman–Crippen LogP) is 2.01. The van der Waals surface area contributed by atoms with Crippen molar-refractivity contribution in [2.75, 3.05) is 19.6 Å². The van der Waals surface area contributed by atoms with Crippen molar-refractivity contribution in [2.24, 2.45) is 0 Å². The third kappa shape index (κ3) is 4.94. The molecule has 6 amide bonds. The lowest BCUT2D eigenvalue weighted by Gasteiger charge is -2.22. The van der Waals surface area contributed by atoms with Gasteiger partial charge in [-0.15, -0.1) is 0 Å². The van der Waals surface area contributed by atoms with E-state index in [1.165, 1.54) is 0 Å². The molecule has 10 nitrogen and oxygen atoms in total. The Hall–Kier alpha value is -3.99. The largest absolute Gasteiger partial charge is 0.353 e. The van der Waals surface area contributed by atoms with Crippen molar-refractivity contribution >= 4 is 46.8 Å². The van der Waals surface area contributed by atoms with E-state index >= 15 is 0 Å². The molecule has 1 unspecified atom stereocenters. The SMILES string of the molecule is Cc1ccc(C2(C)NC(=O)N(CC(=O)NCCN3C(=O)SC(=Cc4cccnc4)C3=O)C2=O)cc1. The molecule has 2 aliphatic rings. The van der Waals surface area contributed by atoms with E-state index in [1.54, 1.807) is 49.7 Å². The molecule has 2 fully saturated rings. The Morgan fingerprint density at radius 3 is 2.57 bits per heavy atom. The minimum absolute atomic E-state index is 0.0179. The number of urea groups is 1. The molecule has 1 atom stereocenters. The van der Waals surface area contributed by atoms with E-state index in [0.29, 0.717) is 11.1 Å². The number of nitrogens with one attached hydrogen (secondary N) is 2. The highest BCUT2D eigenvalue weighted by atomic mass is 32.2. The van der Waals surface area contributed by atoms with Gasteiger partial charge in [0, 0.05) is 25.5 Å². The van der Waals surface area contributed by atoms with Crippen molar-refractivity contribution < 1.29 is 24.0 Å². The first kappa shape index (κ1) is 24.1. The molecule has 35 heavy (non-hydrogen) atoms. The highest BCUT2D eigenvalue weighted by Crippen LogP contribution is 2.32. The monoisotopic (exact) mass is 493 g/mol. The highest BCUT2D eigenvalue weighted by Gasteiger charge is 2.49. The fraction of sp³-hybridized carbons (Fsp3) is 0.250. The van der Waals surface area contributed by atoms with Crippen LogP contribution in [0, 0.1) is 6.92 Å². The second-order valence-corrected chi connectivity index (χ2v) is 9.28. The fourth-order valence-corrected chi connectivity index (χ4v) is 4.60. The molecule has 2 saturated heterocycles. The van der Waals surface area contributed by atoms with Gasteiger partial charge in [0.25, 0.3) is 17.1 Å². The van der Waals surface area contributed by atoms with Crippen LogP contribution in [0.1, 0.15) is 23.6 Å². The number of carbonyl (C=O) groups excluding carboxylic acids is 5. The smallest absolute Gasteiger partial charge is 0.325 e. The summed E-state index contributed by atoms with van der Waals surface area (Å²) in [5.74, 6) is -1.58. The summed E-state index contributed by atoms with van der Waals surface area (Å²) in [5, 5.41) is 4.77. The summed E-state index contributed by atoms with van der Waals surface area (Å²) >= 11 is 0.813. The van der Waals surface area contributed by atoms with Crippen LogP contribution in [-0.2, 0) is 19.9 Å². The molecule has 0 bridgehead atoms. The number of imide groups is 2. The van der Waals surface area contributed by atoms with Crippen molar-refractivity contribution in [2.45, 2.75) is 19.4 Å². The first-order valence-electron chi connectivity index (χ1n) is 10.8. The molecule has 0 radical (unpaired) electrons. The molecule has 0 aliphatic carbocycles. The predicted molar refractivity (Wildman–Crippen MR) is 129 cm³/mol. The Morgan fingerprint density at radius 1 is 1.14 bits per heavy atom. The average molecular weight is 494 g/mol. The number of hydrogen-bond donors (Lipinski definition) is 2. The van der Waals surface area contributed by atoms with Gasteiger partial charge in [0.2, 0.25) is 5.91 Å². The van der Waals surface area contributed by atoms with Gasteiger partial charge in [-0.05, 0) is 48.9 Å². The second-order valence-electron chi connectivity index (χ2n) is 8.28. The van der Waals surface area contributed by atoms with Gasteiger partial charge in [-0.3, -0.25) is 34.0 Å². The van der Waals surface area contributed by atoms with Crippen LogP contribution in [0.5, 0.6) is 0 Å². The quantitative estimate of drug-likeness (QED) is 0.446. The van der Waals surface area contributed by atoms with Crippen LogP contribution in [0.3, 0.4) is 0 Å². The molecule has 4 rings (SSSR count). The number of amides is 6. The van der Waals surface area contributed by atoms with Gasteiger partial charge >= 0.3 is 6.03 Å². The summed E-state index contributed by atoms with van der Waals surface area (Å²) in [5.41, 5.74) is 1.05. The molecule has 2 N–H and O–H groups in total. The van der Waals surface area contributed by atoms with Crippen molar-refractivity contribution in [3.05, 3.63) is 70.4 Å². The fourth-order valence-electron chi connectivity index (χ4n) is 3.74. The normalized spacial score (nSPS) is 21.1. The van der Waals surface area contributed by atoms with E-state index in [1.807, 2.05) is 19.1 Å². The number of nitrogens with zero attached hydrogens (tertiary/aromatic N) is 3. The van der Waals surface area contributed by atoms with Crippen LogP contribution in [0.4, 0.5) is 9.59 Å². The number of aromatic nitrogens is 1. The van der Waals surface area contributed by atoms with Gasteiger partial charge in [0.1, 0.15) is 12.1 Å². The zero-order chi connectivity index (χ0) is 25.2. The Labute approximate surface area is 205 Å². The van der Waals surface area contributed by atoms with E-state index in [2.05, 4.69) is 15.6 Å². The van der Waals surface area contributed by atoms with E-state index in [-0.39, 0.29) is 18.0 Å². The second kappa shape index (κ2) is 9.71. The Kier molecular flexibility index (Phi) is 6.70. The summed E-state index contributed by atoms with van der Waals surface area (Å²) in [6.45, 7) is 2.97. The molecule has 2 aliphatic heterocycles. The van der Waals surface area contributed by atoms with Gasteiger partial charge in [-0.25, -0.2) is 4.79 Å². The molecule has 1 aromatic carbocycles. The molecule has 180 valence electrons. The summed E-state index contributed by atoms with van der Waals surface area (Å²) in [6, 6.07) is 10.0. The highest BCUT2D eigenvalue weighted by molar-refractivity contribution is 8.18. The summed E-state index contributed by atoms with van der Waals surface area (Å²) in [6.07, 6.45) is 4.76. The number of aryl methyl sites for hydroxylation is 1. The Morgan fingerprint density at radius 2 is 1.89 bits per heavy atom. The van der Waals surface area contributed by atoms with E-state index in [9.17, 15) is 24.0 Å². The zero-order valence-corrected chi connectivity index (χ0v) is 19.9. The Balaban J connectivity index is 1.32. The Bertz CT molecular complexity index is 1230. The molecular weight excluding hydrogens is 470 g/mol. The molecule has 1 aromatic heterocycles. The lowest BCUT2D eigenvalue weighted by Crippen LogP contribution is -2.44. The number of hydrogen-bond acceptors (Lipinski definition) is 7. The van der Waals surface area contributed by atoms with Gasteiger partial charge < -0.3 is 10.6 Å². The number of pyridine rings is 1. The first-order valence-corrected chi connectivity index (χ1v) is 11.6. The first-order chi connectivity index (χ1) is 16.7. The number of benzene rings is 1. The number of rotatable bonds is 7. The number of thioether (sulfide) groups is 1. The van der Waals surface area contributed by atoms with Crippen molar-refractivity contribution in [3.63, 3.8) is 0 Å². The maximum atomic E-state index is 13.0. The molecule has 3 heterocycles. The van der Waals surface area contributed by atoms with Crippen LogP contribution in [0.15, 0.2) is 53.7 Å². The lowest BCUT2D eigenvalue weighted by atomic mass is 9.91. The van der Waals surface area contributed by atoms with Crippen molar-refractivity contribution in [1.29, 1.82) is 0 Å². The van der Waals surface area contributed by atoms with Gasteiger partial charge in [0.15, 0.2) is 0 Å². The zero-order valence-electron chi connectivity index (χ0n) is 19.1. The average Bonchev–Trinajstić information content (AvgIpc) is 3.22. The topological polar surface area (TPSA) is 129 Å². The maximum absolute atomic E-state index is 13.0. The molecule has 2 aromatic rings. The number of carbonyl (C=O) groups is 5. The lowest BCUT2D eigenvalue weighted by molar-refractivity contribution is -0.134. The summed E-state index contributed by atoms with van der Waals surface area (Å²) < 4.78 is 0. The summed E-state index contributed by atoms with van der Waals surface area (Å²) in [7, 11) is 0. The summed E-state index contributed by atoms with van der Waals surface area (Å²) in [4.78, 5) is 68.8. The third-order valence-electron chi connectivity index (χ3n) is 5.72. The van der Waals surface area contributed by atoms with Crippen molar-refractivity contribution in [1.82, 2.24) is 25.4 Å².